The fraction of sp³-hybridized carbons (Fsp3) is 0.903. The van der Waals surface area contributed by atoms with E-state index in [1.54, 1.807) is 0 Å². The number of fused-ring (bicyclic) bond motifs is 1. The quantitative estimate of drug-likeness (QED) is 0.0908. The second-order valence-electron chi connectivity index (χ2n) is 13.5. The third-order valence-corrected chi connectivity index (χ3v) is 11.7. The van der Waals surface area contributed by atoms with Crippen LogP contribution < -0.4 is 16.0 Å². The molecule has 1 aliphatic carbocycles. The van der Waals surface area contributed by atoms with Crippen molar-refractivity contribution < 1.29 is 34.8 Å². The fourth-order valence-corrected chi connectivity index (χ4v) is 9.10. The number of aliphatic hydroxyl groups excluding tert-OH is 2. The van der Waals surface area contributed by atoms with E-state index < -0.39 is 11.9 Å². The average Bonchev–Trinajstić information content (AvgIpc) is 3.57. The van der Waals surface area contributed by atoms with Gasteiger partial charge in [0, 0.05) is 68.9 Å². The van der Waals surface area contributed by atoms with E-state index in [-0.39, 0.29) is 50.7 Å². The average molecular weight is 672 g/mol. The van der Waals surface area contributed by atoms with Gasteiger partial charge in [0.05, 0.1) is 38.6 Å². The Balaban J connectivity index is 1.24. The van der Waals surface area contributed by atoms with E-state index in [4.69, 9.17) is 0 Å². The number of amides is 2. The predicted molar refractivity (Wildman–Crippen MR) is 177 cm³/mol. The summed E-state index contributed by atoms with van der Waals surface area (Å²) in [6, 6.07) is 0.893. The lowest BCUT2D eigenvalue weighted by Gasteiger charge is -2.40. The normalized spacial score (nSPS) is 31.0. The predicted octanol–water partition coefficient (Wildman–Crippen LogP) is -0.0903. The lowest BCUT2D eigenvalue weighted by Crippen LogP contribution is -2.53. The Bertz CT molecular complexity index is 960. The molecule has 46 heavy (non-hydrogen) atoms. The molecule has 264 valence electrons. The Morgan fingerprint density at radius 2 is 1.48 bits per heavy atom. The van der Waals surface area contributed by atoms with E-state index >= 15 is 0 Å². The SMILES string of the molecule is O=C(O)CN1CCN(CO)CCN(CO)CCN(CC(=O)O)C(CC2CCC(NCCCCCC3SCC4NC(=O)NC43)CC2)C1. The van der Waals surface area contributed by atoms with Gasteiger partial charge in [0.15, 0.2) is 0 Å². The van der Waals surface area contributed by atoms with Crippen LogP contribution in [0.4, 0.5) is 4.79 Å². The molecule has 0 aromatic carbocycles. The van der Waals surface area contributed by atoms with Crippen molar-refractivity contribution in [3.05, 3.63) is 0 Å². The van der Waals surface area contributed by atoms with Crippen molar-refractivity contribution in [3.8, 4) is 0 Å². The second-order valence-corrected chi connectivity index (χ2v) is 14.8. The number of nitrogens with one attached hydrogen (secondary N) is 3. The molecule has 3 aliphatic heterocycles. The molecular formula is C31H57N7O7S. The van der Waals surface area contributed by atoms with Gasteiger partial charge < -0.3 is 36.4 Å². The number of aliphatic hydroxyl groups is 2. The first-order chi connectivity index (χ1) is 22.2. The highest BCUT2D eigenvalue weighted by atomic mass is 32.2. The summed E-state index contributed by atoms with van der Waals surface area (Å²) in [6.45, 7) is 3.83. The molecular weight excluding hydrogens is 614 g/mol. The number of carboxylic acids is 2. The van der Waals surface area contributed by atoms with Gasteiger partial charge in [-0.2, -0.15) is 11.8 Å². The number of nitrogens with zero attached hydrogens (tertiary/aromatic N) is 4. The molecule has 4 aliphatic rings. The highest BCUT2D eigenvalue weighted by Gasteiger charge is 2.42. The number of rotatable bonds is 15. The van der Waals surface area contributed by atoms with Gasteiger partial charge in [-0.3, -0.25) is 29.2 Å². The molecule has 1 saturated carbocycles. The Morgan fingerprint density at radius 3 is 2.13 bits per heavy atom. The van der Waals surface area contributed by atoms with Gasteiger partial charge in [0.2, 0.25) is 0 Å². The van der Waals surface area contributed by atoms with Gasteiger partial charge in [-0.25, -0.2) is 4.79 Å². The molecule has 14 nitrogen and oxygen atoms in total. The number of carbonyl (C=O) groups is 3. The van der Waals surface area contributed by atoms with Crippen molar-refractivity contribution >= 4 is 29.7 Å². The van der Waals surface area contributed by atoms with Crippen molar-refractivity contribution in [1.29, 1.82) is 0 Å². The zero-order valence-electron chi connectivity index (χ0n) is 27.2. The molecule has 3 saturated heterocycles. The Hall–Kier alpha value is -1.72. The number of carboxylic acid groups (broad SMARTS) is 2. The van der Waals surface area contributed by atoms with Gasteiger partial charge in [-0.05, 0) is 57.4 Å². The maximum Gasteiger partial charge on any atom is 0.317 e. The van der Waals surface area contributed by atoms with Crippen LogP contribution in [0.1, 0.15) is 57.8 Å². The maximum absolute atomic E-state index is 11.9. The summed E-state index contributed by atoms with van der Waals surface area (Å²) in [7, 11) is 0. The molecule has 4 rings (SSSR count). The van der Waals surface area contributed by atoms with Crippen LogP contribution >= 0.6 is 11.8 Å². The molecule has 0 bridgehead atoms. The minimum Gasteiger partial charge on any atom is -0.480 e. The number of carbonyl (C=O) groups excluding carboxylic acids is 1. The topological polar surface area (TPSA) is 181 Å². The van der Waals surface area contributed by atoms with E-state index in [1.807, 2.05) is 31.4 Å². The van der Waals surface area contributed by atoms with E-state index in [0.717, 1.165) is 57.2 Å². The fourth-order valence-electron chi connectivity index (χ4n) is 7.55. The van der Waals surface area contributed by atoms with Crippen LogP contribution in [0.3, 0.4) is 0 Å². The summed E-state index contributed by atoms with van der Waals surface area (Å²) in [6.07, 6.45) is 9.69. The molecule has 0 radical (unpaired) electrons. The summed E-state index contributed by atoms with van der Waals surface area (Å²) in [5.74, 6) is -0.400. The van der Waals surface area contributed by atoms with E-state index in [0.29, 0.717) is 63.0 Å². The summed E-state index contributed by atoms with van der Waals surface area (Å²) in [4.78, 5) is 42.8. The number of aliphatic carboxylic acids is 2. The largest absolute Gasteiger partial charge is 0.480 e. The summed E-state index contributed by atoms with van der Waals surface area (Å²) in [5.41, 5.74) is 0. The number of unbranched alkanes of at least 4 members (excludes halogenated alkanes) is 2. The summed E-state index contributed by atoms with van der Waals surface area (Å²) in [5, 5.41) is 49.5. The molecule has 0 aromatic heterocycles. The van der Waals surface area contributed by atoms with Crippen LogP contribution in [0.5, 0.6) is 0 Å². The first-order valence-electron chi connectivity index (χ1n) is 17.2. The van der Waals surface area contributed by atoms with Crippen LogP contribution in [-0.2, 0) is 9.59 Å². The zero-order chi connectivity index (χ0) is 32.9. The third-order valence-electron chi connectivity index (χ3n) is 10.2. The van der Waals surface area contributed by atoms with Gasteiger partial charge in [-0.1, -0.05) is 12.8 Å². The molecule has 2 amide bonds. The van der Waals surface area contributed by atoms with Crippen molar-refractivity contribution in [2.75, 3.05) is 84.7 Å². The standard InChI is InChI=1S/C31H57N7O7S/c39-21-35-10-11-36(22-40)14-15-38(19-29(43)44)25(17-37(13-12-35)18-28(41)42)16-23-5-7-24(8-6-23)32-9-3-1-2-4-27-30-26(20-46-27)33-31(45)34-30/h23-27,30,32,39-40H,1-22H2,(H,41,42)(H,43,44)(H2,33,34,45). The van der Waals surface area contributed by atoms with Gasteiger partial charge in [-0.15, -0.1) is 0 Å². The van der Waals surface area contributed by atoms with Gasteiger partial charge in [0.25, 0.3) is 0 Å². The van der Waals surface area contributed by atoms with Crippen LogP contribution in [-0.4, -0.2) is 172 Å². The number of hydrogen-bond acceptors (Lipinski definition) is 11. The molecule has 15 heteroatoms. The molecule has 4 unspecified atom stereocenters. The lowest BCUT2D eigenvalue weighted by molar-refractivity contribution is -0.141. The number of hydrogen-bond donors (Lipinski definition) is 7. The van der Waals surface area contributed by atoms with Crippen molar-refractivity contribution in [1.82, 2.24) is 35.6 Å². The Morgan fingerprint density at radius 1 is 0.826 bits per heavy atom. The molecule has 0 aromatic rings. The van der Waals surface area contributed by atoms with Gasteiger partial charge in [0.1, 0.15) is 0 Å². The molecule has 0 spiro atoms. The first-order valence-corrected chi connectivity index (χ1v) is 18.3. The van der Waals surface area contributed by atoms with Crippen LogP contribution in [0.15, 0.2) is 0 Å². The lowest BCUT2D eigenvalue weighted by atomic mass is 9.82. The van der Waals surface area contributed by atoms with Crippen molar-refractivity contribution in [2.24, 2.45) is 5.92 Å². The van der Waals surface area contributed by atoms with Crippen molar-refractivity contribution in [3.63, 3.8) is 0 Å². The third kappa shape index (κ3) is 12.1. The maximum atomic E-state index is 11.9. The second kappa shape index (κ2) is 19.3. The van der Waals surface area contributed by atoms with Crippen molar-refractivity contribution in [2.45, 2.75) is 87.2 Å². The molecule has 4 fully saturated rings. The summed E-state index contributed by atoms with van der Waals surface area (Å²) >= 11 is 1.97. The zero-order valence-corrected chi connectivity index (χ0v) is 28.0. The highest BCUT2D eigenvalue weighted by Crippen LogP contribution is 2.33. The van der Waals surface area contributed by atoms with E-state index in [1.165, 1.54) is 12.8 Å². The Kier molecular flexibility index (Phi) is 15.6. The van der Waals surface area contributed by atoms with Crippen LogP contribution in [0, 0.1) is 5.92 Å². The Labute approximate surface area is 277 Å². The molecule has 4 atom stereocenters. The van der Waals surface area contributed by atoms with Crippen LogP contribution in [0.2, 0.25) is 0 Å². The molecule has 7 N–H and O–H groups in total. The van der Waals surface area contributed by atoms with Gasteiger partial charge >= 0.3 is 18.0 Å². The number of urea groups is 1. The van der Waals surface area contributed by atoms with E-state index in [9.17, 15) is 34.8 Å². The monoisotopic (exact) mass is 671 g/mol. The van der Waals surface area contributed by atoms with E-state index in [2.05, 4.69) is 16.0 Å². The number of thioether (sulfide) groups is 1. The minimum absolute atomic E-state index is 0.0250. The minimum atomic E-state index is -0.921. The highest BCUT2D eigenvalue weighted by molar-refractivity contribution is 8.00. The van der Waals surface area contributed by atoms with Crippen LogP contribution in [0.25, 0.3) is 0 Å². The molecule has 3 heterocycles. The summed E-state index contributed by atoms with van der Waals surface area (Å²) < 4.78 is 0. The first kappa shape index (κ1) is 37.1. The smallest absolute Gasteiger partial charge is 0.317 e.